The van der Waals surface area contributed by atoms with Crippen LogP contribution in [0, 0.1) is 0 Å². The zero-order valence-corrected chi connectivity index (χ0v) is 14.1. The van der Waals surface area contributed by atoms with Gasteiger partial charge >= 0.3 is 0 Å². The molecular weight excluding hydrogens is 332 g/mol. The van der Waals surface area contributed by atoms with Gasteiger partial charge in [-0.15, -0.1) is 11.3 Å². The van der Waals surface area contributed by atoms with Crippen molar-refractivity contribution in [2.75, 3.05) is 13.1 Å². The third-order valence-corrected chi connectivity index (χ3v) is 6.73. The van der Waals surface area contributed by atoms with Gasteiger partial charge in [-0.1, -0.05) is 36.4 Å². The molecule has 1 aromatic heterocycles. The van der Waals surface area contributed by atoms with Crippen LogP contribution in [0.2, 0.25) is 0 Å². The van der Waals surface area contributed by atoms with Crippen molar-refractivity contribution in [3.05, 3.63) is 53.4 Å². The van der Waals surface area contributed by atoms with Gasteiger partial charge in [-0.2, -0.15) is 0 Å². The highest BCUT2D eigenvalue weighted by atomic mass is 32.2. The zero-order chi connectivity index (χ0) is 16.3. The summed E-state index contributed by atoms with van der Waals surface area (Å²) in [6, 6.07) is 13.1. The number of carbonyl (C=O) groups excluding carboxylic acids is 1. The van der Waals surface area contributed by atoms with Crippen molar-refractivity contribution in [3.63, 3.8) is 0 Å². The Hall–Kier alpha value is -1.70. The van der Waals surface area contributed by atoms with E-state index in [2.05, 4.69) is 4.72 Å². The first-order valence-corrected chi connectivity index (χ1v) is 9.82. The van der Waals surface area contributed by atoms with Gasteiger partial charge in [0, 0.05) is 6.54 Å². The molecule has 1 aromatic carbocycles. The molecule has 2 heterocycles. The van der Waals surface area contributed by atoms with E-state index in [0.29, 0.717) is 6.54 Å². The summed E-state index contributed by atoms with van der Waals surface area (Å²) in [6.07, 6.45) is 1.84. The van der Waals surface area contributed by atoms with Crippen LogP contribution in [0.5, 0.6) is 0 Å². The number of amides is 1. The van der Waals surface area contributed by atoms with Crippen LogP contribution in [0.1, 0.15) is 24.4 Å². The van der Waals surface area contributed by atoms with Crippen molar-refractivity contribution in [2.24, 2.45) is 0 Å². The van der Waals surface area contributed by atoms with Crippen molar-refractivity contribution in [1.29, 1.82) is 0 Å². The first-order chi connectivity index (χ1) is 11.1. The molecule has 1 atom stereocenters. The van der Waals surface area contributed by atoms with Crippen LogP contribution in [-0.4, -0.2) is 32.3 Å². The van der Waals surface area contributed by atoms with Gasteiger partial charge in [0.15, 0.2) is 0 Å². The molecule has 1 N–H and O–H groups in total. The average molecular weight is 350 g/mol. The lowest BCUT2D eigenvalue weighted by Gasteiger charge is -2.25. The van der Waals surface area contributed by atoms with E-state index in [0.717, 1.165) is 29.7 Å². The smallest absolute Gasteiger partial charge is 0.250 e. The Morgan fingerprint density at radius 2 is 2.00 bits per heavy atom. The maximum absolute atomic E-state index is 12.4. The zero-order valence-electron chi connectivity index (χ0n) is 12.5. The molecule has 2 aromatic rings. The van der Waals surface area contributed by atoms with Gasteiger partial charge in [0.1, 0.15) is 4.21 Å². The standard InChI is InChI=1S/C16H18N2O3S2/c19-15(12-17-23(20,21)16-9-5-11-22-16)18-10-4-8-14(18)13-6-2-1-3-7-13/h1-3,5-7,9,11,14,17H,4,8,10,12H2/t14-/m0/s1. The summed E-state index contributed by atoms with van der Waals surface area (Å²) in [4.78, 5) is 14.2. The number of nitrogens with zero attached hydrogens (tertiary/aromatic N) is 1. The van der Waals surface area contributed by atoms with Crippen LogP contribution in [0.4, 0.5) is 0 Å². The Bertz CT molecular complexity index is 758. The number of hydrogen-bond acceptors (Lipinski definition) is 4. The summed E-state index contributed by atoms with van der Waals surface area (Å²) in [7, 11) is -3.60. The predicted octanol–water partition coefficient (Wildman–Crippen LogP) is 2.39. The second kappa shape index (κ2) is 6.82. The molecule has 1 saturated heterocycles. The van der Waals surface area contributed by atoms with Gasteiger partial charge < -0.3 is 4.90 Å². The Labute approximate surface area is 140 Å². The molecular formula is C16H18N2O3S2. The number of sulfonamides is 1. The van der Waals surface area contributed by atoms with Crippen molar-refractivity contribution < 1.29 is 13.2 Å². The molecule has 23 heavy (non-hydrogen) atoms. The van der Waals surface area contributed by atoms with Crippen molar-refractivity contribution in [3.8, 4) is 0 Å². The fourth-order valence-electron chi connectivity index (χ4n) is 2.83. The highest BCUT2D eigenvalue weighted by Crippen LogP contribution is 2.31. The number of rotatable bonds is 5. The Kier molecular flexibility index (Phi) is 4.79. The molecule has 1 amide bonds. The first kappa shape index (κ1) is 16.2. The van der Waals surface area contributed by atoms with Crippen LogP contribution in [0.25, 0.3) is 0 Å². The SMILES string of the molecule is O=C(CNS(=O)(=O)c1cccs1)N1CCC[C@H]1c1ccccc1. The van der Waals surface area contributed by atoms with E-state index in [1.54, 1.807) is 16.3 Å². The second-order valence-corrected chi connectivity index (χ2v) is 8.35. The van der Waals surface area contributed by atoms with E-state index in [1.165, 1.54) is 6.07 Å². The minimum atomic E-state index is -3.60. The molecule has 0 unspecified atom stereocenters. The van der Waals surface area contributed by atoms with Gasteiger partial charge in [0.05, 0.1) is 12.6 Å². The van der Waals surface area contributed by atoms with E-state index in [9.17, 15) is 13.2 Å². The Morgan fingerprint density at radius 1 is 1.22 bits per heavy atom. The van der Waals surface area contributed by atoms with Gasteiger partial charge in [0.25, 0.3) is 10.0 Å². The summed E-state index contributed by atoms with van der Waals surface area (Å²) >= 11 is 1.14. The number of thiophene rings is 1. The number of likely N-dealkylation sites (tertiary alicyclic amines) is 1. The number of hydrogen-bond donors (Lipinski definition) is 1. The van der Waals surface area contributed by atoms with Gasteiger partial charge in [0.2, 0.25) is 5.91 Å². The molecule has 1 fully saturated rings. The molecule has 0 saturated carbocycles. The molecule has 0 bridgehead atoms. The van der Waals surface area contributed by atoms with Gasteiger partial charge in [-0.05, 0) is 29.9 Å². The fourth-order valence-corrected chi connectivity index (χ4v) is 4.84. The normalized spacial score (nSPS) is 18.3. The molecule has 122 valence electrons. The second-order valence-electron chi connectivity index (χ2n) is 5.41. The van der Waals surface area contributed by atoms with E-state index in [4.69, 9.17) is 0 Å². The lowest BCUT2D eigenvalue weighted by molar-refractivity contribution is -0.130. The van der Waals surface area contributed by atoms with Crippen LogP contribution < -0.4 is 4.72 Å². The van der Waals surface area contributed by atoms with Crippen LogP contribution >= 0.6 is 11.3 Å². The molecule has 0 radical (unpaired) electrons. The summed E-state index contributed by atoms with van der Waals surface area (Å²) in [5, 5.41) is 1.70. The van der Waals surface area contributed by atoms with Crippen molar-refractivity contribution >= 4 is 27.3 Å². The number of nitrogens with one attached hydrogen (secondary N) is 1. The minimum absolute atomic E-state index is 0.0370. The monoisotopic (exact) mass is 350 g/mol. The van der Waals surface area contributed by atoms with E-state index in [-0.39, 0.29) is 22.7 Å². The molecule has 3 rings (SSSR count). The van der Waals surface area contributed by atoms with Gasteiger partial charge in [-0.25, -0.2) is 13.1 Å². The quantitative estimate of drug-likeness (QED) is 0.900. The van der Waals surface area contributed by atoms with Crippen molar-refractivity contribution in [1.82, 2.24) is 9.62 Å². The maximum atomic E-state index is 12.4. The van der Waals surface area contributed by atoms with Crippen LogP contribution in [0.3, 0.4) is 0 Å². The molecule has 0 spiro atoms. The number of carbonyl (C=O) groups is 1. The molecule has 5 nitrogen and oxygen atoms in total. The third-order valence-electron chi connectivity index (χ3n) is 3.93. The molecule has 1 aliphatic heterocycles. The third kappa shape index (κ3) is 3.63. The van der Waals surface area contributed by atoms with E-state index < -0.39 is 10.0 Å². The average Bonchev–Trinajstić information content (AvgIpc) is 3.25. The van der Waals surface area contributed by atoms with Gasteiger partial charge in [-0.3, -0.25) is 4.79 Å². The van der Waals surface area contributed by atoms with Crippen molar-refractivity contribution in [2.45, 2.75) is 23.1 Å². The lowest BCUT2D eigenvalue weighted by Crippen LogP contribution is -2.39. The molecule has 7 heteroatoms. The topological polar surface area (TPSA) is 66.5 Å². The first-order valence-electron chi connectivity index (χ1n) is 7.45. The van der Waals surface area contributed by atoms with Crippen LogP contribution in [0.15, 0.2) is 52.1 Å². The summed E-state index contributed by atoms with van der Waals surface area (Å²) in [6.45, 7) is 0.461. The Morgan fingerprint density at radius 3 is 2.70 bits per heavy atom. The number of benzene rings is 1. The summed E-state index contributed by atoms with van der Waals surface area (Å²) < 4.78 is 26.8. The summed E-state index contributed by atoms with van der Waals surface area (Å²) in [5.41, 5.74) is 1.10. The minimum Gasteiger partial charge on any atom is -0.335 e. The largest absolute Gasteiger partial charge is 0.335 e. The van der Waals surface area contributed by atoms with E-state index in [1.807, 2.05) is 30.3 Å². The molecule has 1 aliphatic rings. The summed E-state index contributed by atoms with van der Waals surface area (Å²) in [5.74, 6) is -0.184. The Balaban J connectivity index is 1.66. The maximum Gasteiger partial charge on any atom is 0.250 e. The highest BCUT2D eigenvalue weighted by Gasteiger charge is 2.30. The van der Waals surface area contributed by atoms with E-state index >= 15 is 0 Å². The van der Waals surface area contributed by atoms with Crippen LogP contribution in [-0.2, 0) is 14.8 Å². The highest BCUT2D eigenvalue weighted by molar-refractivity contribution is 7.91. The lowest BCUT2D eigenvalue weighted by atomic mass is 10.0. The molecule has 0 aliphatic carbocycles. The fraction of sp³-hybridized carbons (Fsp3) is 0.312. The predicted molar refractivity (Wildman–Crippen MR) is 89.6 cm³/mol.